The zero-order valence-corrected chi connectivity index (χ0v) is 12.5. The molecule has 7 heteroatoms. The molecule has 1 aromatic carbocycles. The lowest BCUT2D eigenvalue weighted by Gasteiger charge is -2.23. The van der Waals surface area contributed by atoms with Crippen molar-refractivity contribution in [2.45, 2.75) is 12.5 Å². The molecule has 0 bridgehead atoms. The van der Waals surface area contributed by atoms with Crippen LogP contribution in [0.3, 0.4) is 0 Å². The fourth-order valence-electron chi connectivity index (χ4n) is 2.08. The van der Waals surface area contributed by atoms with Gasteiger partial charge in [-0.25, -0.2) is 0 Å². The number of carbonyl (C=O) groups excluding carboxylic acids is 2. The molecule has 1 aromatic rings. The summed E-state index contributed by atoms with van der Waals surface area (Å²) in [4.78, 5) is 23.6. The van der Waals surface area contributed by atoms with Gasteiger partial charge >= 0.3 is 0 Å². The van der Waals surface area contributed by atoms with Crippen molar-refractivity contribution < 1.29 is 14.3 Å². The van der Waals surface area contributed by atoms with E-state index < -0.39 is 0 Å². The lowest BCUT2D eigenvalue weighted by Crippen LogP contribution is -2.43. The molecule has 1 unspecified atom stereocenters. The van der Waals surface area contributed by atoms with E-state index in [9.17, 15) is 9.59 Å². The fourth-order valence-corrected chi connectivity index (χ4v) is 2.25. The quantitative estimate of drug-likeness (QED) is 0.775. The van der Waals surface area contributed by atoms with E-state index in [1.165, 1.54) is 0 Å². The zero-order chi connectivity index (χ0) is 15.2. The Balaban J connectivity index is 2.00. The van der Waals surface area contributed by atoms with Crippen molar-refractivity contribution in [3.63, 3.8) is 0 Å². The number of amides is 2. The van der Waals surface area contributed by atoms with E-state index in [-0.39, 0.29) is 17.9 Å². The van der Waals surface area contributed by atoms with Gasteiger partial charge in [-0.3, -0.25) is 9.59 Å². The summed E-state index contributed by atoms with van der Waals surface area (Å²) in [5.41, 5.74) is 0.871. The second kappa shape index (κ2) is 7.40. The maximum absolute atomic E-state index is 12.0. The minimum atomic E-state index is -0.232. The molecule has 0 aromatic heterocycles. The van der Waals surface area contributed by atoms with E-state index in [4.69, 9.17) is 16.3 Å². The minimum absolute atomic E-state index is 0.000325. The molecule has 1 saturated heterocycles. The molecular formula is C14H18ClN3O3. The number of hydrogen-bond donors (Lipinski definition) is 3. The Hall–Kier alpha value is -1.63. The molecular weight excluding hydrogens is 294 g/mol. The van der Waals surface area contributed by atoms with Gasteiger partial charge in [0.05, 0.1) is 23.9 Å². The lowest BCUT2D eigenvalue weighted by atomic mass is 10.1. The van der Waals surface area contributed by atoms with Crippen LogP contribution in [-0.2, 0) is 9.53 Å². The van der Waals surface area contributed by atoms with Crippen LogP contribution in [0.25, 0.3) is 0 Å². The standard InChI is InChI=1S/C14H18ClN3O3/c1-16-14(20)9-2-3-11(15)12(6-9)18-13(19)7-10-8-21-5-4-17-10/h2-3,6,10,17H,4-5,7-8H2,1H3,(H,16,20)(H,18,19). The van der Waals surface area contributed by atoms with Gasteiger partial charge in [0.15, 0.2) is 0 Å². The Bertz CT molecular complexity index is 530. The Kier molecular flexibility index (Phi) is 5.55. The Morgan fingerprint density at radius 3 is 2.95 bits per heavy atom. The van der Waals surface area contributed by atoms with Crippen molar-refractivity contribution in [3.8, 4) is 0 Å². The van der Waals surface area contributed by atoms with Crippen molar-refractivity contribution in [3.05, 3.63) is 28.8 Å². The SMILES string of the molecule is CNC(=O)c1ccc(Cl)c(NC(=O)CC2COCCN2)c1. The average molecular weight is 312 g/mol. The molecule has 3 N–H and O–H groups in total. The maximum atomic E-state index is 12.0. The minimum Gasteiger partial charge on any atom is -0.378 e. The number of morpholine rings is 1. The molecule has 1 heterocycles. The molecule has 2 rings (SSSR count). The molecule has 1 fully saturated rings. The third-order valence-electron chi connectivity index (χ3n) is 3.16. The van der Waals surface area contributed by atoms with Crippen molar-refractivity contribution >= 4 is 29.1 Å². The van der Waals surface area contributed by atoms with Crippen molar-refractivity contribution in [2.75, 3.05) is 32.1 Å². The van der Waals surface area contributed by atoms with E-state index in [1.807, 2.05) is 0 Å². The second-order valence-corrected chi connectivity index (χ2v) is 5.16. The molecule has 6 nitrogen and oxygen atoms in total. The highest BCUT2D eigenvalue weighted by molar-refractivity contribution is 6.33. The van der Waals surface area contributed by atoms with Gasteiger partial charge in [-0.15, -0.1) is 0 Å². The van der Waals surface area contributed by atoms with Gasteiger partial charge in [0.25, 0.3) is 5.91 Å². The highest BCUT2D eigenvalue weighted by Gasteiger charge is 2.18. The molecule has 0 saturated carbocycles. The number of rotatable bonds is 4. The Morgan fingerprint density at radius 2 is 2.29 bits per heavy atom. The highest BCUT2D eigenvalue weighted by atomic mass is 35.5. The van der Waals surface area contributed by atoms with Gasteiger partial charge in [0, 0.05) is 31.6 Å². The van der Waals surface area contributed by atoms with Gasteiger partial charge in [-0.1, -0.05) is 11.6 Å². The first-order valence-electron chi connectivity index (χ1n) is 6.72. The molecule has 1 aliphatic rings. The number of carbonyl (C=O) groups is 2. The predicted octanol–water partition coefficient (Wildman–Crippen LogP) is 1.02. The Morgan fingerprint density at radius 1 is 1.48 bits per heavy atom. The van der Waals surface area contributed by atoms with Crippen molar-refractivity contribution in [1.29, 1.82) is 0 Å². The topological polar surface area (TPSA) is 79.5 Å². The van der Waals surface area contributed by atoms with Crippen molar-refractivity contribution in [2.24, 2.45) is 0 Å². The normalized spacial score (nSPS) is 18.1. The van der Waals surface area contributed by atoms with Crippen molar-refractivity contribution in [1.82, 2.24) is 10.6 Å². The monoisotopic (exact) mass is 311 g/mol. The summed E-state index contributed by atoms with van der Waals surface area (Å²) in [6.45, 7) is 1.92. The summed E-state index contributed by atoms with van der Waals surface area (Å²) in [6.07, 6.45) is 0.292. The van der Waals surface area contributed by atoms with E-state index in [1.54, 1.807) is 25.2 Å². The Labute approximate surface area is 128 Å². The van der Waals surface area contributed by atoms with Crippen LogP contribution in [0.2, 0.25) is 5.02 Å². The maximum Gasteiger partial charge on any atom is 0.251 e. The van der Waals surface area contributed by atoms with Crippen LogP contribution in [0.1, 0.15) is 16.8 Å². The molecule has 0 radical (unpaired) electrons. The van der Waals surface area contributed by atoms with E-state index in [0.29, 0.717) is 35.9 Å². The number of nitrogens with one attached hydrogen (secondary N) is 3. The van der Waals surface area contributed by atoms with E-state index >= 15 is 0 Å². The van der Waals surface area contributed by atoms with Crippen LogP contribution in [0.15, 0.2) is 18.2 Å². The molecule has 114 valence electrons. The lowest BCUT2D eigenvalue weighted by molar-refractivity contribution is -0.117. The first-order chi connectivity index (χ1) is 10.1. The van der Waals surface area contributed by atoms with Gasteiger partial charge < -0.3 is 20.7 Å². The first kappa shape index (κ1) is 15.8. The highest BCUT2D eigenvalue weighted by Crippen LogP contribution is 2.23. The first-order valence-corrected chi connectivity index (χ1v) is 7.10. The van der Waals surface area contributed by atoms with E-state index in [0.717, 1.165) is 6.54 Å². The second-order valence-electron chi connectivity index (χ2n) is 4.75. The molecule has 1 atom stereocenters. The summed E-state index contributed by atoms with van der Waals surface area (Å²) in [5.74, 6) is -0.404. The third kappa shape index (κ3) is 4.42. The van der Waals surface area contributed by atoms with Gasteiger partial charge in [-0.2, -0.15) is 0 Å². The van der Waals surface area contributed by atoms with Crippen LogP contribution in [-0.4, -0.2) is 44.7 Å². The van der Waals surface area contributed by atoms with Crippen LogP contribution in [0.4, 0.5) is 5.69 Å². The van der Waals surface area contributed by atoms with Crippen LogP contribution < -0.4 is 16.0 Å². The largest absolute Gasteiger partial charge is 0.378 e. The van der Waals surface area contributed by atoms with Gasteiger partial charge in [0.1, 0.15) is 0 Å². The van der Waals surface area contributed by atoms with Gasteiger partial charge in [-0.05, 0) is 18.2 Å². The van der Waals surface area contributed by atoms with E-state index in [2.05, 4.69) is 16.0 Å². The smallest absolute Gasteiger partial charge is 0.251 e. The number of halogens is 1. The summed E-state index contributed by atoms with van der Waals surface area (Å²) in [7, 11) is 1.55. The number of ether oxygens (including phenoxy) is 1. The summed E-state index contributed by atoms with van der Waals surface area (Å²) in [5, 5.41) is 8.85. The van der Waals surface area contributed by atoms with Gasteiger partial charge in [0.2, 0.25) is 5.91 Å². The molecule has 2 amide bonds. The molecule has 1 aliphatic heterocycles. The van der Waals surface area contributed by atoms with Crippen LogP contribution in [0, 0.1) is 0 Å². The third-order valence-corrected chi connectivity index (χ3v) is 3.49. The number of benzene rings is 1. The summed E-state index contributed by atoms with van der Waals surface area (Å²) >= 11 is 6.04. The zero-order valence-electron chi connectivity index (χ0n) is 11.7. The summed E-state index contributed by atoms with van der Waals surface area (Å²) < 4.78 is 5.30. The average Bonchev–Trinajstić information content (AvgIpc) is 2.49. The summed E-state index contributed by atoms with van der Waals surface area (Å²) in [6, 6.07) is 4.75. The molecule has 0 spiro atoms. The molecule has 0 aliphatic carbocycles. The number of hydrogen-bond acceptors (Lipinski definition) is 4. The van der Waals surface area contributed by atoms with Crippen LogP contribution >= 0.6 is 11.6 Å². The number of anilines is 1. The molecule has 21 heavy (non-hydrogen) atoms. The predicted molar refractivity (Wildman–Crippen MR) is 80.7 cm³/mol. The van der Waals surface area contributed by atoms with Crippen LogP contribution in [0.5, 0.6) is 0 Å². The fraction of sp³-hybridized carbons (Fsp3) is 0.429.